The molecule has 0 radical (unpaired) electrons. The largest absolute Gasteiger partial charge is 0.410 e. The second-order valence-electron chi connectivity index (χ2n) is 14.0. The first-order valence-electron chi connectivity index (χ1n) is 14.0. The summed E-state index contributed by atoms with van der Waals surface area (Å²) in [5, 5.41) is 11.3. The molecule has 0 aliphatic heterocycles. The first kappa shape index (κ1) is 32.4. The average molecular weight is 519 g/mol. The van der Waals surface area contributed by atoms with Crippen molar-refractivity contribution in [1.82, 2.24) is 0 Å². The second-order valence-corrected chi connectivity index (χ2v) is 24.3. The van der Waals surface area contributed by atoms with Gasteiger partial charge in [0, 0.05) is 11.3 Å². The molecule has 0 bridgehead atoms. The van der Waals surface area contributed by atoms with Gasteiger partial charge in [0.05, 0.1) is 12.2 Å². The van der Waals surface area contributed by atoms with E-state index in [1.165, 1.54) is 0 Å². The van der Waals surface area contributed by atoms with Gasteiger partial charge in [-0.3, -0.25) is 0 Å². The maximum absolute atomic E-state index is 11.2. The summed E-state index contributed by atoms with van der Waals surface area (Å²) in [5.41, 5.74) is 5.56. The highest BCUT2D eigenvalue weighted by Crippen LogP contribution is 2.44. The van der Waals surface area contributed by atoms with Gasteiger partial charge < -0.3 is 9.53 Å². The van der Waals surface area contributed by atoms with Crippen LogP contribution in [0.15, 0.2) is 24.3 Å². The third-order valence-corrected chi connectivity index (χ3v) is 19.9. The molecule has 4 atom stereocenters. The lowest BCUT2D eigenvalue weighted by molar-refractivity contribution is -0.0181. The molecule has 0 aromatic rings. The summed E-state index contributed by atoms with van der Waals surface area (Å²) in [6.07, 6.45) is 9.95. The van der Waals surface area contributed by atoms with Crippen molar-refractivity contribution in [3.8, 4) is 11.5 Å². The maximum atomic E-state index is 11.2. The Balaban J connectivity index is 2.87. The SMILES string of the molecule is C/C=C/C(O[Si](C)(C)C(C)(C)C)C(C)(C)C(O)C/C=C\[C@H]1C[C@H]1C#C[Si](C(C)C)(C(C)C)C(C)C. The van der Waals surface area contributed by atoms with E-state index in [0.29, 0.717) is 34.9 Å². The summed E-state index contributed by atoms with van der Waals surface area (Å²) in [4.78, 5) is 0. The minimum Gasteiger partial charge on any atom is -0.410 e. The van der Waals surface area contributed by atoms with Crippen molar-refractivity contribution in [2.24, 2.45) is 17.3 Å². The van der Waals surface area contributed by atoms with Gasteiger partial charge in [0.2, 0.25) is 0 Å². The van der Waals surface area contributed by atoms with Crippen LogP contribution in [0.25, 0.3) is 0 Å². The highest BCUT2D eigenvalue weighted by molar-refractivity contribution is 6.90. The molecule has 0 spiro atoms. The van der Waals surface area contributed by atoms with Gasteiger partial charge in [-0.1, -0.05) is 100 Å². The quantitative estimate of drug-likeness (QED) is 0.168. The van der Waals surface area contributed by atoms with E-state index in [1.807, 2.05) is 6.92 Å². The summed E-state index contributed by atoms with van der Waals surface area (Å²) in [6.45, 7) is 32.0. The Morgan fingerprint density at radius 1 is 0.971 bits per heavy atom. The Labute approximate surface area is 221 Å². The average Bonchev–Trinajstić information content (AvgIpc) is 3.44. The summed E-state index contributed by atoms with van der Waals surface area (Å²) in [7, 11) is -3.60. The van der Waals surface area contributed by atoms with Gasteiger partial charge in [-0.15, -0.1) is 11.5 Å². The van der Waals surface area contributed by atoms with E-state index in [4.69, 9.17) is 4.43 Å². The second kappa shape index (κ2) is 12.3. The van der Waals surface area contributed by atoms with Crippen molar-refractivity contribution < 1.29 is 9.53 Å². The van der Waals surface area contributed by atoms with Crippen LogP contribution < -0.4 is 0 Å². The Morgan fingerprint density at radius 3 is 1.91 bits per heavy atom. The van der Waals surface area contributed by atoms with Crippen LogP contribution in [-0.2, 0) is 4.43 Å². The molecule has 2 unspecified atom stereocenters. The molecular formula is C31H58O2Si2. The topological polar surface area (TPSA) is 29.5 Å². The van der Waals surface area contributed by atoms with Gasteiger partial charge in [-0.05, 0) is 60.4 Å². The van der Waals surface area contributed by atoms with Crippen molar-refractivity contribution in [3.63, 3.8) is 0 Å². The number of rotatable bonds is 11. The highest BCUT2D eigenvalue weighted by atomic mass is 28.4. The van der Waals surface area contributed by atoms with Gasteiger partial charge >= 0.3 is 0 Å². The molecule has 1 fully saturated rings. The van der Waals surface area contributed by atoms with E-state index in [-0.39, 0.29) is 16.6 Å². The Kier molecular flexibility index (Phi) is 11.4. The van der Waals surface area contributed by atoms with Crippen LogP contribution >= 0.6 is 0 Å². The van der Waals surface area contributed by atoms with Crippen molar-refractivity contribution in [1.29, 1.82) is 0 Å². The maximum Gasteiger partial charge on any atom is 0.192 e. The number of hydrogen-bond acceptors (Lipinski definition) is 2. The minimum atomic E-state index is -1.95. The molecule has 0 amide bonds. The van der Waals surface area contributed by atoms with Gasteiger partial charge in [0.15, 0.2) is 8.32 Å². The van der Waals surface area contributed by atoms with Crippen LogP contribution in [0.4, 0.5) is 0 Å². The smallest absolute Gasteiger partial charge is 0.192 e. The van der Waals surface area contributed by atoms with Crippen molar-refractivity contribution >= 4 is 16.4 Å². The van der Waals surface area contributed by atoms with Crippen LogP contribution in [0.1, 0.15) is 95.9 Å². The zero-order chi connectivity index (χ0) is 27.4. The van der Waals surface area contributed by atoms with Gasteiger partial charge in [-0.25, -0.2) is 0 Å². The van der Waals surface area contributed by atoms with Gasteiger partial charge in [-0.2, -0.15) is 0 Å². The fourth-order valence-corrected chi connectivity index (χ4v) is 11.9. The molecule has 1 N–H and O–H groups in total. The van der Waals surface area contributed by atoms with Crippen molar-refractivity contribution in [2.45, 2.75) is 143 Å². The summed E-state index contributed by atoms with van der Waals surface area (Å²) in [6, 6.07) is 0. The monoisotopic (exact) mass is 518 g/mol. The van der Waals surface area contributed by atoms with Crippen LogP contribution in [0.2, 0.25) is 34.8 Å². The van der Waals surface area contributed by atoms with E-state index in [2.05, 4.69) is 125 Å². The molecule has 1 aliphatic carbocycles. The molecule has 4 heteroatoms. The van der Waals surface area contributed by atoms with E-state index in [9.17, 15) is 5.11 Å². The molecule has 0 heterocycles. The van der Waals surface area contributed by atoms with Crippen molar-refractivity contribution in [3.05, 3.63) is 24.3 Å². The Hall–Kier alpha value is -0.606. The zero-order valence-electron chi connectivity index (χ0n) is 25.6. The molecule has 35 heavy (non-hydrogen) atoms. The van der Waals surface area contributed by atoms with Crippen LogP contribution in [-0.4, -0.2) is 33.7 Å². The molecule has 2 nitrogen and oxygen atoms in total. The number of aliphatic hydroxyl groups is 1. The predicted octanol–water partition coefficient (Wildman–Crippen LogP) is 9.14. The molecule has 202 valence electrons. The standard InChI is InChI=1S/C31H58O2Si2/c1-15-17-29(33-34(13,14)30(8,9)10)31(11,12)28(32)19-16-18-26-22-27(26)20-21-35(23(2)3,24(4)5)25(6)7/h15-18,23-29,32H,19,22H2,1-14H3/b17-15+,18-16-/t26-,27+,28?,29?/m0/s1. The summed E-state index contributed by atoms with van der Waals surface area (Å²) >= 11 is 0. The predicted molar refractivity (Wildman–Crippen MR) is 161 cm³/mol. The lowest BCUT2D eigenvalue weighted by Crippen LogP contribution is -2.50. The Morgan fingerprint density at radius 2 is 1.49 bits per heavy atom. The lowest BCUT2D eigenvalue weighted by Gasteiger charge is -2.44. The third kappa shape index (κ3) is 7.94. The third-order valence-electron chi connectivity index (χ3n) is 9.11. The van der Waals surface area contributed by atoms with Gasteiger partial charge in [0.1, 0.15) is 8.07 Å². The van der Waals surface area contributed by atoms with Crippen LogP contribution in [0.3, 0.4) is 0 Å². The fraction of sp³-hybridized carbons (Fsp3) is 0.806. The van der Waals surface area contributed by atoms with E-state index in [1.54, 1.807) is 0 Å². The van der Waals surface area contributed by atoms with Crippen LogP contribution in [0.5, 0.6) is 0 Å². The summed E-state index contributed by atoms with van der Waals surface area (Å²) in [5.74, 6) is 4.75. The number of hydrogen-bond donors (Lipinski definition) is 1. The first-order chi connectivity index (χ1) is 15.8. The molecule has 0 aromatic carbocycles. The van der Waals surface area contributed by atoms with Gasteiger partial charge in [0.25, 0.3) is 0 Å². The molecule has 0 aromatic heterocycles. The van der Waals surface area contributed by atoms with E-state index >= 15 is 0 Å². The zero-order valence-corrected chi connectivity index (χ0v) is 27.6. The van der Waals surface area contributed by atoms with E-state index in [0.717, 1.165) is 6.42 Å². The molecule has 0 saturated heterocycles. The molecule has 1 saturated carbocycles. The van der Waals surface area contributed by atoms with Crippen LogP contribution in [0, 0.1) is 28.7 Å². The number of aliphatic hydroxyl groups excluding tert-OH is 1. The minimum absolute atomic E-state index is 0.0995. The molecule has 1 rings (SSSR count). The Bertz CT molecular complexity index is 765. The normalized spacial score (nSPS) is 21.8. The summed E-state index contributed by atoms with van der Waals surface area (Å²) < 4.78 is 6.76. The number of allylic oxidation sites excluding steroid dienone is 2. The van der Waals surface area contributed by atoms with E-state index < -0.39 is 22.5 Å². The highest BCUT2D eigenvalue weighted by Gasteiger charge is 2.45. The lowest BCUT2D eigenvalue weighted by atomic mass is 9.79. The fourth-order valence-electron chi connectivity index (χ4n) is 5.23. The molecular weight excluding hydrogens is 461 g/mol. The van der Waals surface area contributed by atoms with Crippen molar-refractivity contribution in [2.75, 3.05) is 0 Å². The molecule has 1 aliphatic rings. The first-order valence-corrected chi connectivity index (χ1v) is 19.2.